The van der Waals surface area contributed by atoms with Crippen molar-refractivity contribution in [1.82, 2.24) is 19.8 Å². The quantitative estimate of drug-likeness (QED) is 0.267. The Kier molecular flexibility index (Phi) is 9.83. The maximum atomic E-state index is 13.7. The maximum Gasteiger partial charge on any atom is 0.275 e. The number of carbonyl (C=O) groups excluding carboxylic acids is 2. The molecule has 1 aromatic heterocycles. The number of aromatic nitrogens is 2. The van der Waals surface area contributed by atoms with Gasteiger partial charge in [-0.25, -0.2) is 4.98 Å². The van der Waals surface area contributed by atoms with Crippen LogP contribution in [0.15, 0.2) is 91.4 Å². The molecular formula is C34H37N5O5. The fraction of sp³-hybridized carbons (Fsp3) is 0.294. The number of carbonyl (C=O) groups is 2. The predicted octanol–water partition coefficient (Wildman–Crippen LogP) is 4.87. The number of likely N-dealkylation sites (N-methyl/N-ethyl adjacent to an activating group) is 1. The van der Waals surface area contributed by atoms with Crippen LogP contribution < -0.4 is 14.8 Å². The first kappa shape index (κ1) is 30.7. The molecule has 10 nitrogen and oxygen atoms in total. The second-order valence-corrected chi connectivity index (χ2v) is 11.1. The Balaban J connectivity index is 1.36. The highest BCUT2D eigenvalue weighted by atomic mass is 16.5. The van der Waals surface area contributed by atoms with E-state index in [0.717, 1.165) is 17.1 Å². The highest BCUT2D eigenvalue weighted by molar-refractivity contribution is 6.06. The summed E-state index contributed by atoms with van der Waals surface area (Å²) in [7, 11) is 2.02. The minimum atomic E-state index is -0.466. The van der Waals surface area contributed by atoms with E-state index in [9.17, 15) is 14.7 Å². The molecule has 2 heterocycles. The fourth-order valence-corrected chi connectivity index (χ4v) is 5.13. The second kappa shape index (κ2) is 14.1. The van der Waals surface area contributed by atoms with E-state index in [0.29, 0.717) is 30.9 Å². The van der Waals surface area contributed by atoms with Gasteiger partial charge < -0.3 is 24.8 Å². The number of hydrogen-bond acceptors (Lipinski definition) is 8. The van der Waals surface area contributed by atoms with Gasteiger partial charge in [-0.3, -0.25) is 19.5 Å². The molecule has 44 heavy (non-hydrogen) atoms. The molecule has 2 amide bonds. The molecular weight excluding hydrogens is 558 g/mol. The van der Waals surface area contributed by atoms with E-state index in [2.05, 4.69) is 20.2 Å². The lowest BCUT2D eigenvalue weighted by Crippen LogP contribution is -2.49. The SMILES string of the molecule is C[C@@H]1CN([C@@H](C)CO)C(=O)c2cccc(NC(=O)c3cnccn3)c2O[C@H]1CN(C)Cc1ccc(Oc2ccccc2)cc1. The van der Waals surface area contributed by atoms with Gasteiger partial charge >= 0.3 is 0 Å². The van der Waals surface area contributed by atoms with Crippen molar-refractivity contribution in [2.45, 2.75) is 32.5 Å². The smallest absolute Gasteiger partial charge is 0.275 e. The molecule has 0 fully saturated rings. The molecule has 0 unspecified atom stereocenters. The van der Waals surface area contributed by atoms with Crippen LogP contribution in [0.4, 0.5) is 5.69 Å². The Labute approximate surface area is 257 Å². The van der Waals surface area contributed by atoms with E-state index in [1.165, 1.54) is 18.6 Å². The van der Waals surface area contributed by atoms with Gasteiger partial charge in [-0.05, 0) is 55.9 Å². The number of ether oxygens (including phenoxy) is 2. The van der Waals surface area contributed by atoms with Gasteiger partial charge in [0.15, 0.2) is 5.75 Å². The normalized spacial score (nSPS) is 17.2. The molecule has 4 aromatic rings. The number of rotatable bonds is 10. The molecule has 0 spiro atoms. The number of nitrogens with one attached hydrogen (secondary N) is 1. The third kappa shape index (κ3) is 7.39. The molecule has 0 saturated heterocycles. The summed E-state index contributed by atoms with van der Waals surface area (Å²) >= 11 is 0. The lowest BCUT2D eigenvalue weighted by Gasteiger charge is -2.38. The molecule has 2 N–H and O–H groups in total. The Hall–Kier alpha value is -4.80. The monoisotopic (exact) mass is 595 g/mol. The van der Waals surface area contributed by atoms with Gasteiger partial charge in [0.2, 0.25) is 0 Å². The lowest BCUT2D eigenvalue weighted by atomic mass is 9.98. The maximum absolute atomic E-state index is 13.7. The highest BCUT2D eigenvalue weighted by Crippen LogP contribution is 2.35. The van der Waals surface area contributed by atoms with Crippen LogP contribution in [0.1, 0.15) is 40.3 Å². The topological polar surface area (TPSA) is 117 Å². The number of amides is 2. The predicted molar refractivity (Wildman–Crippen MR) is 167 cm³/mol. The van der Waals surface area contributed by atoms with E-state index < -0.39 is 11.9 Å². The van der Waals surface area contributed by atoms with Crippen molar-refractivity contribution < 1.29 is 24.2 Å². The van der Waals surface area contributed by atoms with Gasteiger partial charge in [0, 0.05) is 37.9 Å². The molecule has 0 bridgehead atoms. The number of aliphatic hydroxyl groups is 1. The van der Waals surface area contributed by atoms with Gasteiger partial charge in [-0.2, -0.15) is 0 Å². The zero-order valence-electron chi connectivity index (χ0n) is 25.1. The first-order chi connectivity index (χ1) is 21.3. The molecule has 1 aliphatic heterocycles. The van der Waals surface area contributed by atoms with Crippen molar-refractivity contribution in [2.75, 3.05) is 32.1 Å². The number of nitrogens with zero attached hydrogens (tertiary/aromatic N) is 4. The van der Waals surface area contributed by atoms with Gasteiger partial charge in [-0.1, -0.05) is 43.3 Å². The summed E-state index contributed by atoms with van der Waals surface area (Å²) in [6.07, 6.45) is 3.97. The minimum absolute atomic E-state index is 0.0889. The highest BCUT2D eigenvalue weighted by Gasteiger charge is 2.34. The van der Waals surface area contributed by atoms with Gasteiger partial charge in [0.1, 0.15) is 23.3 Å². The number of para-hydroxylation sites is 2. The molecule has 0 saturated carbocycles. The number of hydrogen-bond donors (Lipinski definition) is 2. The number of anilines is 1. The van der Waals surface area contributed by atoms with Crippen LogP contribution in [0.5, 0.6) is 17.2 Å². The summed E-state index contributed by atoms with van der Waals surface area (Å²) < 4.78 is 12.5. The third-order valence-corrected chi connectivity index (χ3v) is 7.58. The van der Waals surface area contributed by atoms with Crippen LogP contribution >= 0.6 is 0 Å². The van der Waals surface area contributed by atoms with E-state index in [1.807, 2.05) is 75.5 Å². The molecule has 0 aliphatic carbocycles. The summed E-state index contributed by atoms with van der Waals surface area (Å²) in [6.45, 7) is 5.28. The average molecular weight is 596 g/mol. The van der Waals surface area contributed by atoms with Crippen LogP contribution in [0, 0.1) is 5.92 Å². The molecule has 0 radical (unpaired) electrons. The van der Waals surface area contributed by atoms with Crippen molar-refractivity contribution in [2.24, 2.45) is 5.92 Å². The molecule has 228 valence electrons. The Morgan fingerprint density at radius 1 is 1.09 bits per heavy atom. The van der Waals surface area contributed by atoms with Crippen molar-refractivity contribution in [3.63, 3.8) is 0 Å². The number of benzene rings is 3. The van der Waals surface area contributed by atoms with Gasteiger partial charge in [0.25, 0.3) is 11.8 Å². The second-order valence-electron chi connectivity index (χ2n) is 11.1. The summed E-state index contributed by atoms with van der Waals surface area (Å²) in [5, 5.41) is 12.8. The van der Waals surface area contributed by atoms with Crippen molar-refractivity contribution >= 4 is 17.5 Å². The van der Waals surface area contributed by atoms with E-state index in [1.54, 1.807) is 23.1 Å². The van der Waals surface area contributed by atoms with Crippen LogP contribution in [0.2, 0.25) is 0 Å². The van der Waals surface area contributed by atoms with Crippen LogP contribution in [-0.4, -0.2) is 75.6 Å². The van der Waals surface area contributed by atoms with Crippen LogP contribution in [0.3, 0.4) is 0 Å². The van der Waals surface area contributed by atoms with Crippen LogP contribution in [0.25, 0.3) is 0 Å². The fourth-order valence-electron chi connectivity index (χ4n) is 5.13. The summed E-state index contributed by atoms with van der Waals surface area (Å²) in [6, 6.07) is 22.3. The van der Waals surface area contributed by atoms with Crippen molar-refractivity contribution in [3.8, 4) is 17.2 Å². The van der Waals surface area contributed by atoms with E-state index >= 15 is 0 Å². The van der Waals surface area contributed by atoms with E-state index in [-0.39, 0.29) is 36.0 Å². The van der Waals surface area contributed by atoms with Crippen LogP contribution in [-0.2, 0) is 6.54 Å². The van der Waals surface area contributed by atoms with E-state index in [4.69, 9.17) is 9.47 Å². The van der Waals surface area contributed by atoms with Crippen molar-refractivity contribution in [1.29, 1.82) is 0 Å². The Morgan fingerprint density at radius 3 is 2.55 bits per heavy atom. The van der Waals surface area contributed by atoms with Crippen molar-refractivity contribution in [3.05, 3.63) is 108 Å². The summed E-state index contributed by atoms with van der Waals surface area (Å²) in [4.78, 5) is 38.6. The Bertz CT molecular complexity index is 1550. The number of fused-ring (bicyclic) bond motifs is 1. The largest absolute Gasteiger partial charge is 0.486 e. The standard InChI is InChI=1S/C34H37N5O5/c1-23-19-39(24(2)22-40)34(42)28-10-7-11-29(37-33(41)30-18-35-16-17-36-30)32(28)44-31(23)21-38(3)20-25-12-14-27(15-13-25)43-26-8-5-4-6-9-26/h4-18,23-24,31,40H,19-22H2,1-3H3,(H,37,41)/t23-,24+,31+/m1/s1. The minimum Gasteiger partial charge on any atom is -0.486 e. The molecule has 3 atom stereocenters. The zero-order valence-corrected chi connectivity index (χ0v) is 25.1. The molecule has 10 heteroatoms. The molecule has 3 aromatic carbocycles. The zero-order chi connectivity index (χ0) is 31.1. The first-order valence-electron chi connectivity index (χ1n) is 14.6. The van der Waals surface area contributed by atoms with Gasteiger partial charge in [0.05, 0.1) is 30.1 Å². The molecule has 1 aliphatic rings. The lowest BCUT2D eigenvalue weighted by molar-refractivity contribution is 0.0343. The number of aliphatic hydroxyl groups excluding tert-OH is 1. The summed E-state index contributed by atoms with van der Waals surface area (Å²) in [5.41, 5.74) is 1.92. The Morgan fingerprint density at radius 2 is 1.84 bits per heavy atom. The first-order valence-corrected chi connectivity index (χ1v) is 14.6. The van der Waals surface area contributed by atoms with Gasteiger partial charge in [-0.15, -0.1) is 0 Å². The average Bonchev–Trinajstić information content (AvgIpc) is 3.04. The summed E-state index contributed by atoms with van der Waals surface area (Å²) in [5.74, 6) is 1.00. The third-order valence-electron chi connectivity index (χ3n) is 7.58. The molecule has 5 rings (SSSR count).